The smallest absolute Gasteiger partial charge is 0.119 e. The number of aliphatic hydroxyl groups excluding tert-OH is 1. The molecule has 3 heteroatoms. The third-order valence-electron chi connectivity index (χ3n) is 3.59. The number of rotatable bonds is 8. The number of aliphatic hydroxyl groups is 1. The summed E-state index contributed by atoms with van der Waals surface area (Å²) >= 11 is 0. The fourth-order valence-electron chi connectivity index (χ4n) is 2.18. The van der Waals surface area contributed by atoms with Gasteiger partial charge in [-0.3, -0.25) is 0 Å². The predicted octanol–water partition coefficient (Wildman–Crippen LogP) is 2.47. The van der Waals surface area contributed by atoms with Crippen LogP contribution in [0.25, 0.3) is 0 Å². The molecule has 1 fully saturated rings. The molecule has 0 radical (unpaired) electrons. The van der Waals surface area contributed by atoms with Crippen molar-refractivity contribution in [1.29, 1.82) is 0 Å². The van der Waals surface area contributed by atoms with Gasteiger partial charge in [-0.05, 0) is 44.4 Å². The van der Waals surface area contributed by atoms with Crippen molar-refractivity contribution in [3.05, 3.63) is 29.8 Å². The lowest BCUT2D eigenvalue weighted by molar-refractivity contribution is 0.0684. The zero-order chi connectivity index (χ0) is 13.7. The van der Waals surface area contributed by atoms with Crippen LogP contribution < -0.4 is 4.74 Å². The Morgan fingerprint density at radius 3 is 2.58 bits per heavy atom. The van der Waals surface area contributed by atoms with E-state index < -0.39 is 6.10 Å². The van der Waals surface area contributed by atoms with Crippen molar-refractivity contribution >= 4 is 0 Å². The van der Waals surface area contributed by atoms with Gasteiger partial charge in [-0.15, -0.1) is 0 Å². The van der Waals surface area contributed by atoms with E-state index in [0.717, 1.165) is 24.8 Å². The average molecular weight is 263 g/mol. The number of hydrogen-bond acceptors (Lipinski definition) is 3. The fraction of sp³-hybridized carbons (Fsp3) is 0.625. The molecule has 1 aromatic carbocycles. The van der Waals surface area contributed by atoms with Crippen molar-refractivity contribution in [2.24, 2.45) is 5.92 Å². The van der Waals surface area contributed by atoms with Crippen LogP contribution in [0.2, 0.25) is 0 Å². The summed E-state index contributed by atoms with van der Waals surface area (Å²) in [7, 11) is 0. The number of ether oxygens (including phenoxy) is 1. The third kappa shape index (κ3) is 5.21. The van der Waals surface area contributed by atoms with Crippen molar-refractivity contribution in [1.82, 2.24) is 4.90 Å². The highest BCUT2D eigenvalue weighted by atomic mass is 16.5. The molecule has 1 aliphatic rings. The number of hydrogen-bond donors (Lipinski definition) is 1. The molecule has 0 aliphatic heterocycles. The van der Waals surface area contributed by atoms with E-state index in [4.69, 9.17) is 4.74 Å². The normalized spacial score (nSPS) is 16.6. The molecule has 1 aromatic rings. The Morgan fingerprint density at radius 2 is 2.00 bits per heavy atom. The first-order chi connectivity index (χ1) is 9.17. The number of nitrogens with zero attached hydrogens (tertiary/aromatic N) is 1. The summed E-state index contributed by atoms with van der Waals surface area (Å²) in [5.41, 5.74) is 1.22. The maximum Gasteiger partial charge on any atom is 0.119 e. The first kappa shape index (κ1) is 14.4. The van der Waals surface area contributed by atoms with Crippen molar-refractivity contribution in [2.75, 3.05) is 26.2 Å². The van der Waals surface area contributed by atoms with E-state index >= 15 is 0 Å². The molecule has 0 spiro atoms. The highest BCUT2D eigenvalue weighted by Gasteiger charge is 2.24. The van der Waals surface area contributed by atoms with E-state index in [1.165, 1.54) is 18.4 Å². The molecule has 106 valence electrons. The molecular formula is C16H25NO2. The Bertz CT molecular complexity index is 373. The molecule has 3 nitrogen and oxygen atoms in total. The molecule has 1 N–H and O–H groups in total. The van der Waals surface area contributed by atoms with Crippen LogP contribution in [-0.4, -0.2) is 42.4 Å². The molecule has 0 aromatic heterocycles. The quantitative estimate of drug-likeness (QED) is 0.782. The van der Waals surface area contributed by atoms with Gasteiger partial charge in [0.05, 0.1) is 0 Å². The van der Waals surface area contributed by atoms with Gasteiger partial charge in [0.15, 0.2) is 0 Å². The molecule has 1 aliphatic carbocycles. The second-order valence-corrected chi connectivity index (χ2v) is 5.57. The summed E-state index contributed by atoms with van der Waals surface area (Å²) < 4.78 is 5.61. The SMILES string of the molecule is CCN(CC(O)COc1ccc(C)cc1)CC1CC1. The number of likely N-dealkylation sites (N-methyl/N-ethyl adjacent to an activating group) is 1. The van der Waals surface area contributed by atoms with Gasteiger partial charge >= 0.3 is 0 Å². The second-order valence-electron chi connectivity index (χ2n) is 5.57. The molecule has 2 rings (SSSR count). The number of benzene rings is 1. The van der Waals surface area contributed by atoms with Gasteiger partial charge in [0.2, 0.25) is 0 Å². The molecule has 0 saturated heterocycles. The molecular weight excluding hydrogens is 238 g/mol. The van der Waals surface area contributed by atoms with Crippen LogP contribution in [0.5, 0.6) is 5.75 Å². The van der Waals surface area contributed by atoms with Crippen LogP contribution in [0.4, 0.5) is 0 Å². The van der Waals surface area contributed by atoms with Gasteiger partial charge in [0, 0.05) is 13.1 Å². The van der Waals surface area contributed by atoms with Gasteiger partial charge in [0.1, 0.15) is 18.5 Å². The highest BCUT2D eigenvalue weighted by Crippen LogP contribution is 2.29. The van der Waals surface area contributed by atoms with Gasteiger partial charge in [-0.25, -0.2) is 0 Å². The minimum Gasteiger partial charge on any atom is -0.491 e. The zero-order valence-corrected chi connectivity index (χ0v) is 12.0. The first-order valence-electron chi connectivity index (χ1n) is 7.27. The van der Waals surface area contributed by atoms with E-state index in [-0.39, 0.29) is 0 Å². The minimum atomic E-state index is -0.417. The van der Waals surface area contributed by atoms with E-state index in [2.05, 4.69) is 18.7 Å². The molecule has 0 bridgehead atoms. The van der Waals surface area contributed by atoms with Gasteiger partial charge in [-0.2, -0.15) is 0 Å². The molecule has 0 amide bonds. The lowest BCUT2D eigenvalue weighted by Crippen LogP contribution is -2.36. The maximum atomic E-state index is 10.0. The maximum absolute atomic E-state index is 10.0. The molecule has 1 unspecified atom stereocenters. The lowest BCUT2D eigenvalue weighted by Gasteiger charge is -2.23. The van der Waals surface area contributed by atoms with Gasteiger partial charge < -0.3 is 14.7 Å². The van der Waals surface area contributed by atoms with E-state index in [0.29, 0.717) is 13.2 Å². The van der Waals surface area contributed by atoms with Crippen molar-refractivity contribution in [3.8, 4) is 5.75 Å². The minimum absolute atomic E-state index is 0.365. The van der Waals surface area contributed by atoms with E-state index in [1.807, 2.05) is 24.3 Å². The number of aryl methyl sites for hydroxylation is 1. The van der Waals surface area contributed by atoms with Crippen molar-refractivity contribution in [2.45, 2.75) is 32.8 Å². The second kappa shape index (κ2) is 6.92. The van der Waals surface area contributed by atoms with Crippen LogP contribution in [0.3, 0.4) is 0 Å². The fourth-order valence-corrected chi connectivity index (χ4v) is 2.18. The van der Waals surface area contributed by atoms with E-state index in [1.54, 1.807) is 0 Å². The monoisotopic (exact) mass is 263 g/mol. The Hall–Kier alpha value is -1.06. The summed E-state index contributed by atoms with van der Waals surface area (Å²) in [6, 6.07) is 7.94. The summed E-state index contributed by atoms with van der Waals surface area (Å²) in [6.45, 7) is 7.39. The van der Waals surface area contributed by atoms with Crippen LogP contribution in [0.15, 0.2) is 24.3 Å². The predicted molar refractivity (Wildman–Crippen MR) is 77.5 cm³/mol. The summed E-state index contributed by atoms with van der Waals surface area (Å²) in [5, 5.41) is 10.0. The highest BCUT2D eigenvalue weighted by molar-refractivity contribution is 5.26. The van der Waals surface area contributed by atoms with Crippen LogP contribution in [0.1, 0.15) is 25.3 Å². The zero-order valence-electron chi connectivity index (χ0n) is 12.0. The van der Waals surface area contributed by atoms with Crippen molar-refractivity contribution in [3.63, 3.8) is 0 Å². The third-order valence-corrected chi connectivity index (χ3v) is 3.59. The first-order valence-corrected chi connectivity index (χ1v) is 7.27. The molecule has 19 heavy (non-hydrogen) atoms. The summed E-state index contributed by atoms with van der Waals surface area (Å²) in [6.07, 6.45) is 2.29. The molecule has 1 saturated carbocycles. The Labute approximate surface area is 116 Å². The Balaban J connectivity index is 1.70. The average Bonchev–Trinajstić information content (AvgIpc) is 3.21. The van der Waals surface area contributed by atoms with Crippen LogP contribution >= 0.6 is 0 Å². The Kier molecular flexibility index (Phi) is 5.23. The topological polar surface area (TPSA) is 32.7 Å². The van der Waals surface area contributed by atoms with Gasteiger partial charge in [0.25, 0.3) is 0 Å². The summed E-state index contributed by atoms with van der Waals surface area (Å²) in [5.74, 6) is 1.69. The van der Waals surface area contributed by atoms with Crippen LogP contribution in [0, 0.1) is 12.8 Å². The largest absolute Gasteiger partial charge is 0.491 e. The molecule has 0 heterocycles. The van der Waals surface area contributed by atoms with Crippen molar-refractivity contribution < 1.29 is 9.84 Å². The van der Waals surface area contributed by atoms with Gasteiger partial charge in [-0.1, -0.05) is 24.6 Å². The molecule has 1 atom stereocenters. The lowest BCUT2D eigenvalue weighted by atomic mass is 10.2. The summed E-state index contributed by atoms with van der Waals surface area (Å²) in [4.78, 5) is 2.32. The van der Waals surface area contributed by atoms with Crippen LogP contribution in [-0.2, 0) is 0 Å². The Morgan fingerprint density at radius 1 is 1.32 bits per heavy atom. The standard InChI is InChI=1S/C16H25NO2/c1-3-17(10-14-6-7-14)11-15(18)12-19-16-8-4-13(2)5-9-16/h4-5,8-9,14-15,18H,3,6-7,10-12H2,1-2H3. The van der Waals surface area contributed by atoms with E-state index in [9.17, 15) is 5.11 Å².